The predicted molar refractivity (Wildman–Crippen MR) is 82.0 cm³/mol. The minimum Gasteiger partial charge on any atom is -0.370 e. The molecule has 0 bridgehead atoms. The highest BCUT2D eigenvalue weighted by molar-refractivity contribution is 5.86. The van der Waals surface area contributed by atoms with E-state index < -0.39 is 0 Å². The zero-order valence-electron chi connectivity index (χ0n) is 12.7. The van der Waals surface area contributed by atoms with Gasteiger partial charge in [0.1, 0.15) is 6.10 Å². The maximum Gasteiger partial charge on any atom is 0.243 e. The summed E-state index contributed by atoms with van der Waals surface area (Å²) in [4.78, 5) is 14.9. The molecule has 4 nitrogen and oxygen atoms in total. The van der Waals surface area contributed by atoms with Gasteiger partial charge in [0.2, 0.25) is 5.91 Å². The van der Waals surface area contributed by atoms with Crippen LogP contribution in [0.4, 0.5) is 0 Å². The average Bonchev–Trinajstić information content (AvgIpc) is 3.05. The molecule has 0 aromatic heterocycles. The number of benzene rings is 1. The fourth-order valence-electron chi connectivity index (χ4n) is 3.45. The fourth-order valence-corrected chi connectivity index (χ4v) is 3.45. The Kier molecular flexibility index (Phi) is 4.27. The number of hydrogen-bond donors (Lipinski definition) is 1. The molecule has 1 aromatic rings. The van der Waals surface area contributed by atoms with Gasteiger partial charge in [0, 0.05) is 6.54 Å². The molecule has 1 N–H and O–H groups in total. The predicted octanol–water partition coefficient (Wildman–Crippen LogP) is 2.12. The van der Waals surface area contributed by atoms with Gasteiger partial charge in [-0.05, 0) is 31.4 Å². The van der Waals surface area contributed by atoms with Gasteiger partial charge in [-0.2, -0.15) is 0 Å². The summed E-state index contributed by atoms with van der Waals surface area (Å²) in [6.45, 7) is 5.03. The Morgan fingerprint density at radius 2 is 2.24 bits per heavy atom. The lowest BCUT2D eigenvalue weighted by molar-refractivity contribution is -0.145. The van der Waals surface area contributed by atoms with Crippen molar-refractivity contribution in [3.8, 4) is 0 Å². The lowest BCUT2D eigenvalue weighted by Gasteiger charge is -2.39. The number of amides is 1. The summed E-state index contributed by atoms with van der Waals surface area (Å²) in [5.74, 6) is 0.256. The lowest BCUT2D eigenvalue weighted by Crippen LogP contribution is -2.57. The van der Waals surface area contributed by atoms with Gasteiger partial charge in [-0.25, -0.2) is 0 Å². The molecule has 21 heavy (non-hydrogen) atoms. The van der Waals surface area contributed by atoms with Crippen molar-refractivity contribution in [1.82, 2.24) is 10.2 Å². The van der Waals surface area contributed by atoms with E-state index in [0.717, 1.165) is 31.4 Å². The van der Waals surface area contributed by atoms with Crippen molar-refractivity contribution >= 4 is 5.91 Å². The van der Waals surface area contributed by atoms with Crippen LogP contribution >= 0.6 is 0 Å². The normalized spacial score (nSPS) is 29.6. The number of carbonyl (C=O) groups is 1. The first kappa shape index (κ1) is 14.5. The van der Waals surface area contributed by atoms with Gasteiger partial charge in [-0.3, -0.25) is 4.79 Å². The number of hydrogen-bond acceptors (Lipinski definition) is 3. The largest absolute Gasteiger partial charge is 0.370 e. The Morgan fingerprint density at radius 1 is 1.43 bits per heavy atom. The van der Waals surface area contributed by atoms with Crippen LogP contribution in [-0.4, -0.2) is 42.6 Å². The van der Waals surface area contributed by atoms with E-state index in [2.05, 4.69) is 24.4 Å². The Bertz CT molecular complexity index is 483. The van der Waals surface area contributed by atoms with E-state index in [1.54, 1.807) is 0 Å². The summed E-state index contributed by atoms with van der Waals surface area (Å²) in [6, 6.07) is 10.2. The quantitative estimate of drug-likeness (QED) is 0.926. The second-order valence-corrected chi connectivity index (χ2v) is 5.99. The maximum absolute atomic E-state index is 12.9. The third-order valence-electron chi connectivity index (χ3n) is 4.78. The van der Waals surface area contributed by atoms with E-state index in [1.807, 2.05) is 23.1 Å². The summed E-state index contributed by atoms with van der Waals surface area (Å²) >= 11 is 0. The van der Waals surface area contributed by atoms with E-state index in [-0.39, 0.29) is 17.6 Å². The van der Waals surface area contributed by atoms with E-state index in [4.69, 9.17) is 4.74 Å². The summed E-state index contributed by atoms with van der Waals surface area (Å²) in [5.41, 5.74) is 0.818. The van der Waals surface area contributed by atoms with Crippen LogP contribution in [0.3, 0.4) is 0 Å². The third-order valence-corrected chi connectivity index (χ3v) is 4.78. The zero-order chi connectivity index (χ0) is 14.7. The van der Waals surface area contributed by atoms with E-state index in [0.29, 0.717) is 19.7 Å². The van der Waals surface area contributed by atoms with Crippen LogP contribution in [0.15, 0.2) is 30.3 Å². The van der Waals surface area contributed by atoms with Crippen molar-refractivity contribution in [3.05, 3.63) is 35.9 Å². The van der Waals surface area contributed by atoms with Crippen LogP contribution in [0.5, 0.6) is 0 Å². The molecule has 2 saturated heterocycles. The van der Waals surface area contributed by atoms with Gasteiger partial charge in [0.05, 0.1) is 18.7 Å². The molecule has 2 aliphatic heterocycles. The van der Waals surface area contributed by atoms with Crippen molar-refractivity contribution in [2.75, 3.05) is 26.2 Å². The molecule has 1 aromatic carbocycles. The number of nitrogens with one attached hydrogen (secondary N) is 1. The van der Waals surface area contributed by atoms with Gasteiger partial charge < -0.3 is 15.0 Å². The maximum atomic E-state index is 12.9. The highest BCUT2D eigenvalue weighted by Gasteiger charge is 2.42. The molecule has 2 heterocycles. The molecular formula is C17H24N2O2. The molecule has 2 atom stereocenters. The number of nitrogens with zero attached hydrogens (tertiary/aromatic N) is 1. The first-order valence-corrected chi connectivity index (χ1v) is 7.96. The minimum absolute atomic E-state index is 0.000732. The third kappa shape index (κ3) is 2.83. The topological polar surface area (TPSA) is 41.6 Å². The second kappa shape index (κ2) is 6.16. The van der Waals surface area contributed by atoms with E-state index in [9.17, 15) is 4.79 Å². The van der Waals surface area contributed by atoms with Gasteiger partial charge in [-0.15, -0.1) is 0 Å². The average molecular weight is 288 g/mol. The van der Waals surface area contributed by atoms with Crippen LogP contribution in [0.2, 0.25) is 0 Å². The van der Waals surface area contributed by atoms with Crippen molar-refractivity contribution in [2.24, 2.45) is 0 Å². The second-order valence-electron chi connectivity index (χ2n) is 5.99. The van der Waals surface area contributed by atoms with Crippen LogP contribution in [-0.2, 0) is 9.53 Å². The molecule has 2 unspecified atom stereocenters. The van der Waals surface area contributed by atoms with Gasteiger partial charge >= 0.3 is 0 Å². The van der Waals surface area contributed by atoms with Crippen molar-refractivity contribution in [3.63, 3.8) is 0 Å². The summed E-state index contributed by atoms with van der Waals surface area (Å²) in [7, 11) is 0. The monoisotopic (exact) mass is 288 g/mol. The molecule has 2 fully saturated rings. The van der Waals surface area contributed by atoms with Crippen molar-refractivity contribution in [2.45, 2.75) is 37.8 Å². The molecule has 2 aliphatic rings. The summed E-state index contributed by atoms with van der Waals surface area (Å²) < 4.78 is 5.86. The first-order chi connectivity index (χ1) is 10.2. The Balaban J connectivity index is 1.72. The molecule has 4 heteroatoms. The van der Waals surface area contributed by atoms with Gasteiger partial charge in [0.25, 0.3) is 0 Å². The number of morpholine rings is 1. The fraction of sp³-hybridized carbons (Fsp3) is 0.588. The Morgan fingerprint density at radius 3 is 2.90 bits per heavy atom. The van der Waals surface area contributed by atoms with Crippen LogP contribution < -0.4 is 5.32 Å². The standard InChI is InChI=1S/C17H24N2O2/c1-2-17(9-6-10-18-17)16(20)19-11-12-21-15(13-19)14-7-4-3-5-8-14/h3-5,7-8,15,18H,2,6,9-13H2,1H3. The molecule has 0 saturated carbocycles. The molecule has 114 valence electrons. The van der Waals surface area contributed by atoms with Gasteiger partial charge in [-0.1, -0.05) is 37.3 Å². The van der Waals surface area contributed by atoms with Crippen molar-refractivity contribution < 1.29 is 9.53 Å². The van der Waals surface area contributed by atoms with Crippen molar-refractivity contribution in [1.29, 1.82) is 0 Å². The first-order valence-electron chi connectivity index (χ1n) is 7.96. The molecule has 1 amide bonds. The summed E-state index contributed by atoms with van der Waals surface area (Å²) in [5, 5.41) is 3.44. The molecule has 0 radical (unpaired) electrons. The highest BCUT2D eigenvalue weighted by atomic mass is 16.5. The number of ether oxygens (including phenoxy) is 1. The van der Waals surface area contributed by atoms with E-state index in [1.165, 1.54) is 0 Å². The molecule has 3 rings (SSSR count). The summed E-state index contributed by atoms with van der Waals surface area (Å²) in [6.07, 6.45) is 2.90. The minimum atomic E-state index is -0.335. The number of rotatable bonds is 3. The molecular weight excluding hydrogens is 264 g/mol. The van der Waals surface area contributed by atoms with Gasteiger partial charge in [0.15, 0.2) is 0 Å². The Labute approximate surface area is 126 Å². The molecule has 0 spiro atoms. The lowest BCUT2D eigenvalue weighted by atomic mass is 9.92. The SMILES string of the molecule is CCC1(C(=O)N2CCOC(c3ccccc3)C2)CCCN1. The van der Waals surface area contributed by atoms with Crippen LogP contribution in [0.25, 0.3) is 0 Å². The van der Waals surface area contributed by atoms with Crippen LogP contribution in [0.1, 0.15) is 37.9 Å². The zero-order valence-corrected chi connectivity index (χ0v) is 12.7. The highest BCUT2D eigenvalue weighted by Crippen LogP contribution is 2.29. The molecule has 0 aliphatic carbocycles. The number of carbonyl (C=O) groups excluding carboxylic acids is 1. The Hall–Kier alpha value is -1.39. The van der Waals surface area contributed by atoms with Crippen LogP contribution in [0, 0.1) is 0 Å². The van der Waals surface area contributed by atoms with E-state index >= 15 is 0 Å². The smallest absolute Gasteiger partial charge is 0.243 e.